The van der Waals surface area contributed by atoms with E-state index in [1.165, 1.54) is 12.8 Å². The van der Waals surface area contributed by atoms with Crippen molar-refractivity contribution in [3.05, 3.63) is 42.0 Å². The van der Waals surface area contributed by atoms with Crippen molar-refractivity contribution >= 4 is 17.8 Å². The van der Waals surface area contributed by atoms with Crippen LogP contribution in [0, 0.1) is 0 Å². The monoisotopic (exact) mass is 226 g/mol. The van der Waals surface area contributed by atoms with Crippen LogP contribution in [0.3, 0.4) is 0 Å². The van der Waals surface area contributed by atoms with Gasteiger partial charge in [0.05, 0.1) is 0 Å². The fraction of sp³-hybridized carbons (Fsp3) is 0.231. The Bertz CT molecular complexity index is 552. The summed E-state index contributed by atoms with van der Waals surface area (Å²) in [6.45, 7) is 0. The van der Waals surface area contributed by atoms with E-state index in [-0.39, 0.29) is 0 Å². The molecule has 4 heteroatoms. The smallest absolute Gasteiger partial charge is 0.156 e. The molecular formula is C13H14N4. The topological polar surface area (TPSA) is 56.7 Å². The number of aromatic nitrogens is 3. The Hall–Kier alpha value is -2.10. The van der Waals surface area contributed by atoms with Gasteiger partial charge in [-0.1, -0.05) is 18.2 Å². The van der Waals surface area contributed by atoms with Crippen LogP contribution in [0.4, 0.5) is 5.69 Å². The zero-order valence-corrected chi connectivity index (χ0v) is 9.45. The zero-order chi connectivity index (χ0) is 11.7. The van der Waals surface area contributed by atoms with Crippen LogP contribution in [0.15, 0.2) is 30.6 Å². The quantitative estimate of drug-likeness (QED) is 0.817. The van der Waals surface area contributed by atoms with Crippen molar-refractivity contribution in [1.82, 2.24) is 14.8 Å². The SMILES string of the molecule is Nc1cccc(/C=C/c2nncn2C2CC2)c1. The van der Waals surface area contributed by atoms with Gasteiger partial charge in [-0.3, -0.25) is 0 Å². The molecule has 0 spiro atoms. The fourth-order valence-electron chi connectivity index (χ4n) is 1.84. The van der Waals surface area contributed by atoms with Crippen LogP contribution in [-0.4, -0.2) is 14.8 Å². The molecular weight excluding hydrogens is 212 g/mol. The molecule has 1 fully saturated rings. The lowest BCUT2D eigenvalue weighted by atomic mass is 10.2. The van der Waals surface area contributed by atoms with Gasteiger partial charge in [-0.25, -0.2) is 0 Å². The highest BCUT2D eigenvalue weighted by molar-refractivity contribution is 5.68. The fourth-order valence-corrected chi connectivity index (χ4v) is 1.84. The number of hydrogen-bond acceptors (Lipinski definition) is 3. The molecule has 0 radical (unpaired) electrons. The van der Waals surface area contributed by atoms with Crippen molar-refractivity contribution in [3.8, 4) is 0 Å². The van der Waals surface area contributed by atoms with Crippen molar-refractivity contribution < 1.29 is 0 Å². The third-order valence-electron chi connectivity index (χ3n) is 2.88. The van der Waals surface area contributed by atoms with Gasteiger partial charge in [-0.2, -0.15) is 0 Å². The molecule has 0 saturated heterocycles. The lowest BCUT2D eigenvalue weighted by molar-refractivity contribution is 0.730. The van der Waals surface area contributed by atoms with E-state index < -0.39 is 0 Å². The largest absolute Gasteiger partial charge is 0.399 e. The molecule has 1 saturated carbocycles. The Morgan fingerprint density at radius 2 is 2.18 bits per heavy atom. The average molecular weight is 226 g/mol. The third kappa shape index (κ3) is 2.20. The van der Waals surface area contributed by atoms with E-state index in [0.29, 0.717) is 6.04 Å². The minimum absolute atomic E-state index is 0.602. The highest BCUT2D eigenvalue weighted by Gasteiger charge is 2.25. The molecule has 1 aromatic heterocycles. The molecule has 0 bridgehead atoms. The molecule has 2 aromatic rings. The predicted molar refractivity (Wildman–Crippen MR) is 68.1 cm³/mol. The van der Waals surface area contributed by atoms with Gasteiger partial charge in [-0.15, -0.1) is 10.2 Å². The van der Waals surface area contributed by atoms with E-state index in [0.717, 1.165) is 17.1 Å². The number of nitrogen functional groups attached to an aromatic ring is 1. The molecule has 3 rings (SSSR count). The highest BCUT2D eigenvalue weighted by atomic mass is 15.3. The first-order chi connectivity index (χ1) is 8.33. The minimum atomic E-state index is 0.602. The van der Waals surface area contributed by atoms with Gasteiger partial charge < -0.3 is 10.3 Å². The van der Waals surface area contributed by atoms with Gasteiger partial charge >= 0.3 is 0 Å². The molecule has 0 amide bonds. The summed E-state index contributed by atoms with van der Waals surface area (Å²) in [7, 11) is 0. The van der Waals surface area contributed by atoms with Gasteiger partial charge in [0, 0.05) is 11.7 Å². The van der Waals surface area contributed by atoms with Gasteiger partial charge in [0.15, 0.2) is 5.82 Å². The summed E-state index contributed by atoms with van der Waals surface area (Å²) < 4.78 is 2.13. The highest BCUT2D eigenvalue weighted by Crippen LogP contribution is 2.35. The molecule has 1 aliphatic carbocycles. The van der Waals surface area contributed by atoms with E-state index in [2.05, 4.69) is 14.8 Å². The van der Waals surface area contributed by atoms with Crippen molar-refractivity contribution in [2.75, 3.05) is 5.73 Å². The Balaban J connectivity index is 1.84. The summed E-state index contributed by atoms with van der Waals surface area (Å²) in [6.07, 6.45) is 8.27. The maximum Gasteiger partial charge on any atom is 0.156 e. The first-order valence-corrected chi connectivity index (χ1v) is 5.76. The normalized spacial score (nSPS) is 15.5. The molecule has 1 heterocycles. The van der Waals surface area contributed by atoms with E-state index >= 15 is 0 Å². The van der Waals surface area contributed by atoms with Crippen molar-refractivity contribution in [2.24, 2.45) is 0 Å². The number of rotatable bonds is 3. The Morgan fingerprint density at radius 3 is 2.94 bits per heavy atom. The number of anilines is 1. The third-order valence-corrected chi connectivity index (χ3v) is 2.88. The summed E-state index contributed by atoms with van der Waals surface area (Å²) >= 11 is 0. The van der Waals surface area contributed by atoms with E-state index in [9.17, 15) is 0 Å². The van der Waals surface area contributed by atoms with Crippen LogP contribution in [0.1, 0.15) is 30.3 Å². The molecule has 0 aliphatic heterocycles. The number of nitrogens with two attached hydrogens (primary N) is 1. The summed E-state index contributed by atoms with van der Waals surface area (Å²) in [6, 6.07) is 8.38. The van der Waals surface area contributed by atoms with Gasteiger partial charge in [-0.05, 0) is 36.6 Å². The maximum absolute atomic E-state index is 5.73. The molecule has 4 nitrogen and oxygen atoms in total. The van der Waals surface area contributed by atoms with Crippen LogP contribution in [-0.2, 0) is 0 Å². The van der Waals surface area contributed by atoms with E-state index in [1.807, 2.05) is 36.4 Å². The summed E-state index contributed by atoms with van der Waals surface area (Å²) in [4.78, 5) is 0. The van der Waals surface area contributed by atoms with E-state index in [4.69, 9.17) is 5.73 Å². The first-order valence-electron chi connectivity index (χ1n) is 5.76. The predicted octanol–water partition coefficient (Wildman–Crippen LogP) is 2.37. The van der Waals surface area contributed by atoms with Crippen LogP contribution in [0.5, 0.6) is 0 Å². The molecule has 17 heavy (non-hydrogen) atoms. The Kier molecular flexibility index (Phi) is 2.40. The van der Waals surface area contributed by atoms with Gasteiger partial charge in [0.2, 0.25) is 0 Å². The average Bonchev–Trinajstić information content (AvgIpc) is 3.06. The lowest BCUT2D eigenvalue weighted by Gasteiger charge is -1.99. The molecule has 0 unspecified atom stereocenters. The first kappa shape index (κ1) is 10.1. The molecule has 2 N–H and O–H groups in total. The van der Waals surface area contributed by atoms with Crippen molar-refractivity contribution in [2.45, 2.75) is 18.9 Å². The Morgan fingerprint density at radius 1 is 1.29 bits per heavy atom. The zero-order valence-electron chi connectivity index (χ0n) is 9.45. The Labute approximate surface area is 99.8 Å². The van der Waals surface area contributed by atoms with Crippen molar-refractivity contribution in [1.29, 1.82) is 0 Å². The minimum Gasteiger partial charge on any atom is -0.399 e. The van der Waals surface area contributed by atoms with Crippen molar-refractivity contribution in [3.63, 3.8) is 0 Å². The second kappa shape index (κ2) is 4.05. The second-order valence-corrected chi connectivity index (χ2v) is 4.33. The summed E-state index contributed by atoms with van der Waals surface area (Å²) in [5, 5.41) is 8.06. The van der Waals surface area contributed by atoms with Crippen LogP contribution in [0.25, 0.3) is 12.2 Å². The molecule has 86 valence electrons. The van der Waals surface area contributed by atoms with Gasteiger partial charge in [0.25, 0.3) is 0 Å². The molecule has 1 aromatic carbocycles. The standard InChI is InChI=1S/C13H14N4/c14-11-3-1-2-10(8-11)4-7-13-16-15-9-17(13)12-5-6-12/h1-4,7-9,12H,5-6,14H2/b7-4+. The van der Waals surface area contributed by atoms with Crippen LogP contribution < -0.4 is 5.73 Å². The van der Waals surface area contributed by atoms with Gasteiger partial charge in [0.1, 0.15) is 6.33 Å². The summed E-state index contributed by atoms with van der Waals surface area (Å²) in [5.41, 5.74) is 7.58. The van der Waals surface area contributed by atoms with Crippen LogP contribution >= 0.6 is 0 Å². The number of nitrogens with zero attached hydrogens (tertiary/aromatic N) is 3. The maximum atomic E-state index is 5.73. The summed E-state index contributed by atoms with van der Waals surface area (Å²) in [5.74, 6) is 0.912. The molecule has 1 aliphatic rings. The second-order valence-electron chi connectivity index (χ2n) is 4.33. The number of benzene rings is 1. The number of hydrogen-bond donors (Lipinski definition) is 1. The van der Waals surface area contributed by atoms with E-state index in [1.54, 1.807) is 6.33 Å². The molecule has 0 atom stereocenters. The van der Waals surface area contributed by atoms with Crippen LogP contribution in [0.2, 0.25) is 0 Å². The lowest BCUT2D eigenvalue weighted by Crippen LogP contribution is -1.94.